The van der Waals surface area contributed by atoms with E-state index >= 15 is 0 Å². The van der Waals surface area contributed by atoms with Crippen molar-refractivity contribution in [3.63, 3.8) is 0 Å². The summed E-state index contributed by atoms with van der Waals surface area (Å²) in [7, 11) is 0. The summed E-state index contributed by atoms with van der Waals surface area (Å²) < 4.78 is 7.53. The molecule has 0 N–H and O–H groups in total. The monoisotopic (exact) mass is 761 g/mol. The highest BCUT2D eigenvalue weighted by atomic mass is 32.1. The van der Waals surface area contributed by atoms with Gasteiger partial charge in [0.2, 0.25) is 0 Å². The van der Waals surface area contributed by atoms with Gasteiger partial charge in [-0.15, -0.1) is 22.7 Å². The Bertz CT molecular complexity index is 3540. The van der Waals surface area contributed by atoms with Crippen LogP contribution in [0.1, 0.15) is 0 Å². The van der Waals surface area contributed by atoms with Crippen LogP contribution in [0.5, 0.6) is 0 Å². The van der Waals surface area contributed by atoms with Gasteiger partial charge in [-0.25, -0.2) is 9.97 Å². The van der Waals surface area contributed by atoms with Gasteiger partial charge in [-0.1, -0.05) is 146 Å². The maximum absolute atomic E-state index is 5.56. The fraction of sp³-hybridized carbons (Fsp3) is 0. The Hall–Kier alpha value is -6.92. The molecule has 4 heterocycles. The van der Waals surface area contributed by atoms with Crippen molar-refractivity contribution in [2.75, 3.05) is 0 Å². The van der Waals surface area contributed by atoms with Crippen LogP contribution in [0.4, 0.5) is 0 Å². The largest absolute Gasteiger partial charge is 0.306 e. The lowest BCUT2D eigenvalue weighted by Crippen LogP contribution is -2.00. The molecule has 0 aliphatic rings. The van der Waals surface area contributed by atoms with Crippen molar-refractivity contribution in [2.24, 2.45) is 0 Å². The number of para-hydroxylation sites is 2. The summed E-state index contributed by atoms with van der Waals surface area (Å²) in [4.78, 5) is 11.0. The molecule has 4 aromatic heterocycles. The summed E-state index contributed by atoms with van der Waals surface area (Å²) in [6.45, 7) is 0. The van der Waals surface area contributed by atoms with Gasteiger partial charge in [0.05, 0.1) is 16.7 Å². The van der Waals surface area contributed by atoms with E-state index in [2.05, 4.69) is 193 Å². The van der Waals surface area contributed by atoms with Crippen LogP contribution < -0.4 is 0 Å². The normalized spacial score (nSPS) is 11.9. The molecule has 0 atom stereocenters. The topological polar surface area (TPSA) is 30.7 Å². The molecule has 0 amide bonds. The van der Waals surface area contributed by atoms with Crippen molar-refractivity contribution in [3.8, 4) is 50.6 Å². The van der Waals surface area contributed by atoms with Gasteiger partial charge >= 0.3 is 0 Å². The average Bonchev–Trinajstić information content (AvgIpc) is 3.96. The van der Waals surface area contributed by atoms with Crippen LogP contribution in [0.2, 0.25) is 0 Å². The molecule has 0 saturated carbocycles. The van der Waals surface area contributed by atoms with E-state index in [1.165, 1.54) is 57.0 Å². The standard InChI is InChI=1S/C52H31N3S2/c1-2-18-36(19-3-1)55-44-27-7-4-22-43(44)48-49(55)47(34-16-10-14-32(30-34)37-23-12-25-41-39-20-5-8-28-45(39)56-50(37)41)53-52(54-48)35-17-11-15-33(31-35)38-24-13-26-42-40-21-6-9-29-46(40)57-51(38)42/h1-31H. The van der Waals surface area contributed by atoms with E-state index in [4.69, 9.17) is 9.97 Å². The number of hydrogen-bond acceptors (Lipinski definition) is 4. The van der Waals surface area contributed by atoms with Crippen LogP contribution in [0.3, 0.4) is 0 Å². The number of rotatable bonds is 5. The SMILES string of the molecule is c1ccc(-n2c3ccccc3c3nc(-c4cccc(-c5cccc6c5sc5ccccc56)c4)nc(-c4cccc(-c5cccc6c5sc5ccccc56)c4)c32)cc1. The minimum Gasteiger partial charge on any atom is -0.306 e. The minimum atomic E-state index is 0.704. The van der Waals surface area contributed by atoms with Crippen molar-refractivity contribution < 1.29 is 0 Å². The molecule has 0 radical (unpaired) electrons. The zero-order valence-corrected chi connectivity index (χ0v) is 32.2. The van der Waals surface area contributed by atoms with Crippen LogP contribution in [-0.4, -0.2) is 14.5 Å². The molecule has 0 unspecified atom stereocenters. The third-order valence-electron chi connectivity index (χ3n) is 11.2. The third-order valence-corrected chi connectivity index (χ3v) is 13.6. The zero-order chi connectivity index (χ0) is 37.5. The summed E-state index contributed by atoms with van der Waals surface area (Å²) in [5.74, 6) is 0.704. The van der Waals surface area contributed by atoms with Gasteiger partial charge in [0.15, 0.2) is 5.82 Å². The molecule has 0 bridgehead atoms. The molecule has 0 saturated heterocycles. The maximum Gasteiger partial charge on any atom is 0.160 e. The minimum absolute atomic E-state index is 0.704. The van der Waals surface area contributed by atoms with Gasteiger partial charge in [0.25, 0.3) is 0 Å². The first-order valence-electron chi connectivity index (χ1n) is 19.2. The molecule has 0 spiro atoms. The molecule has 57 heavy (non-hydrogen) atoms. The molecular weight excluding hydrogens is 731 g/mol. The highest BCUT2D eigenvalue weighted by Gasteiger charge is 2.22. The fourth-order valence-electron chi connectivity index (χ4n) is 8.63. The van der Waals surface area contributed by atoms with E-state index < -0.39 is 0 Å². The van der Waals surface area contributed by atoms with E-state index in [9.17, 15) is 0 Å². The van der Waals surface area contributed by atoms with E-state index in [1.807, 2.05) is 22.7 Å². The van der Waals surface area contributed by atoms with E-state index in [0.29, 0.717) is 5.82 Å². The van der Waals surface area contributed by atoms with Crippen molar-refractivity contribution in [1.29, 1.82) is 0 Å². The molecule has 0 aliphatic heterocycles. The van der Waals surface area contributed by atoms with Crippen LogP contribution in [0.25, 0.3) is 113 Å². The van der Waals surface area contributed by atoms with Crippen molar-refractivity contribution in [1.82, 2.24) is 14.5 Å². The predicted molar refractivity (Wildman–Crippen MR) is 244 cm³/mol. The molecule has 12 aromatic rings. The maximum atomic E-state index is 5.56. The number of fused-ring (bicyclic) bond motifs is 9. The average molecular weight is 762 g/mol. The first kappa shape index (κ1) is 32.3. The Labute approximate surface area is 336 Å². The molecule has 12 rings (SSSR count). The number of hydrogen-bond donors (Lipinski definition) is 0. The van der Waals surface area contributed by atoms with Crippen LogP contribution >= 0.6 is 22.7 Å². The first-order chi connectivity index (χ1) is 28.3. The lowest BCUT2D eigenvalue weighted by atomic mass is 9.99. The Morgan fingerprint density at radius 3 is 1.56 bits per heavy atom. The summed E-state index contributed by atoms with van der Waals surface area (Å²) in [5.41, 5.74) is 11.8. The van der Waals surface area contributed by atoms with Gasteiger partial charge in [-0.2, -0.15) is 0 Å². The van der Waals surface area contributed by atoms with Gasteiger partial charge < -0.3 is 4.57 Å². The van der Waals surface area contributed by atoms with E-state index in [1.54, 1.807) is 0 Å². The summed E-state index contributed by atoms with van der Waals surface area (Å²) in [6, 6.07) is 67.6. The van der Waals surface area contributed by atoms with Gasteiger partial charge in [0.1, 0.15) is 5.52 Å². The van der Waals surface area contributed by atoms with E-state index in [0.717, 1.165) is 50.0 Å². The zero-order valence-electron chi connectivity index (χ0n) is 30.6. The molecule has 3 nitrogen and oxygen atoms in total. The molecular formula is C52H31N3S2. The second-order valence-electron chi connectivity index (χ2n) is 14.5. The molecule has 266 valence electrons. The van der Waals surface area contributed by atoms with Crippen LogP contribution in [-0.2, 0) is 0 Å². The predicted octanol–water partition coefficient (Wildman–Crippen LogP) is 15.0. The first-order valence-corrected chi connectivity index (χ1v) is 20.8. The van der Waals surface area contributed by atoms with Crippen LogP contribution in [0, 0.1) is 0 Å². The number of benzene rings is 8. The number of aromatic nitrogens is 3. The smallest absolute Gasteiger partial charge is 0.160 e. The lowest BCUT2D eigenvalue weighted by Gasteiger charge is -2.14. The van der Waals surface area contributed by atoms with Gasteiger partial charge in [0, 0.05) is 62.5 Å². The third kappa shape index (κ3) is 5.10. The summed E-state index contributed by atoms with van der Waals surface area (Å²) >= 11 is 3.72. The van der Waals surface area contributed by atoms with E-state index in [-0.39, 0.29) is 0 Å². The highest BCUT2D eigenvalue weighted by Crippen LogP contribution is 2.44. The second kappa shape index (κ2) is 12.8. The fourth-order valence-corrected chi connectivity index (χ4v) is 11.1. The number of thiophene rings is 2. The van der Waals surface area contributed by atoms with Crippen molar-refractivity contribution in [2.45, 2.75) is 0 Å². The Kier molecular flexibility index (Phi) is 7.27. The highest BCUT2D eigenvalue weighted by molar-refractivity contribution is 7.26. The Morgan fingerprint density at radius 1 is 0.386 bits per heavy atom. The van der Waals surface area contributed by atoms with Crippen LogP contribution in [0.15, 0.2) is 188 Å². The van der Waals surface area contributed by atoms with Gasteiger partial charge in [-0.05, 0) is 64.7 Å². The molecule has 0 aliphatic carbocycles. The lowest BCUT2D eigenvalue weighted by molar-refractivity contribution is 1.15. The molecule has 0 fully saturated rings. The molecule has 8 aromatic carbocycles. The quantitative estimate of drug-likeness (QED) is 0.175. The van der Waals surface area contributed by atoms with Crippen molar-refractivity contribution >= 4 is 85.0 Å². The van der Waals surface area contributed by atoms with Gasteiger partial charge in [-0.3, -0.25) is 0 Å². The van der Waals surface area contributed by atoms with Crippen molar-refractivity contribution in [3.05, 3.63) is 188 Å². The summed E-state index contributed by atoms with van der Waals surface area (Å²) in [6.07, 6.45) is 0. The summed E-state index contributed by atoms with van der Waals surface area (Å²) in [5, 5.41) is 6.28. The number of nitrogens with zero attached hydrogens (tertiary/aromatic N) is 3. The Balaban J connectivity index is 1.11. The second-order valence-corrected chi connectivity index (χ2v) is 16.6. The molecule has 5 heteroatoms. The Morgan fingerprint density at radius 2 is 0.895 bits per heavy atom.